The van der Waals surface area contributed by atoms with Crippen LogP contribution in [0.15, 0.2) is 56.5 Å². The zero-order chi connectivity index (χ0) is 17.8. The molecule has 2 aromatic rings. The van der Waals surface area contributed by atoms with Crippen LogP contribution in [0.4, 0.5) is 4.79 Å². The van der Waals surface area contributed by atoms with E-state index in [1.807, 2.05) is 30.3 Å². The Morgan fingerprint density at radius 2 is 1.96 bits per heavy atom. The number of furan rings is 1. The summed E-state index contributed by atoms with van der Waals surface area (Å²) in [5, 5.41) is 2.27. The Morgan fingerprint density at radius 3 is 2.64 bits per heavy atom. The average Bonchev–Trinajstić information content (AvgIpc) is 3.14. The fourth-order valence-corrected chi connectivity index (χ4v) is 3.37. The minimum atomic E-state index is -0.405. The summed E-state index contributed by atoms with van der Waals surface area (Å²) in [7, 11) is 0. The maximum absolute atomic E-state index is 12.3. The molecule has 8 heteroatoms. The van der Waals surface area contributed by atoms with Crippen molar-refractivity contribution < 1.29 is 18.8 Å². The second kappa shape index (κ2) is 7.71. The van der Waals surface area contributed by atoms with Gasteiger partial charge in [-0.05, 0) is 51.5 Å². The molecule has 0 atom stereocenters. The Balaban J connectivity index is 1.58. The first-order valence-electron chi connectivity index (χ1n) is 7.38. The van der Waals surface area contributed by atoms with Gasteiger partial charge < -0.3 is 9.73 Å². The third-order valence-electron chi connectivity index (χ3n) is 3.39. The predicted octanol–water partition coefficient (Wildman–Crippen LogP) is 3.51. The summed E-state index contributed by atoms with van der Waals surface area (Å²) in [5.41, 5.74) is 0.852. The highest BCUT2D eigenvalue weighted by Crippen LogP contribution is 2.31. The number of carbonyl (C=O) groups is 3. The highest BCUT2D eigenvalue weighted by molar-refractivity contribution is 9.10. The summed E-state index contributed by atoms with van der Waals surface area (Å²) in [6.45, 7) is 0.248. The van der Waals surface area contributed by atoms with Crippen molar-refractivity contribution in [3.05, 3.63) is 63.4 Å². The number of hydrogen-bond acceptors (Lipinski definition) is 5. The summed E-state index contributed by atoms with van der Waals surface area (Å²) in [4.78, 5) is 37.7. The first-order chi connectivity index (χ1) is 12.0. The van der Waals surface area contributed by atoms with Crippen LogP contribution in [0, 0.1) is 0 Å². The number of imide groups is 1. The van der Waals surface area contributed by atoms with Crippen LogP contribution in [0.3, 0.4) is 0 Å². The van der Waals surface area contributed by atoms with Crippen LogP contribution >= 0.6 is 27.7 Å². The molecular formula is C17H13BrN2O4S. The van der Waals surface area contributed by atoms with Gasteiger partial charge in [-0.1, -0.05) is 30.3 Å². The monoisotopic (exact) mass is 420 g/mol. The molecule has 0 radical (unpaired) electrons. The number of halogens is 1. The fraction of sp³-hybridized carbons (Fsp3) is 0.118. The summed E-state index contributed by atoms with van der Waals surface area (Å²) in [6, 6.07) is 12.5. The van der Waals surface area contributed by atoms with Crippen LogP contribution in [-0.2, 0) is 4.79 Å². The number of nitrogens with zero attached hydrogens (tertiary/aromatic N) is 1. The molecule has 0 saturated carbocycles. The molecule has 1 N–H and O–H groups in total. The molecule has 1 aliphatic heterocycles. The van der Waals surface area contributed by atoms with Gasteiger partial charge in [0.2, 0.25) is 0 Å². The van der Waals surface area contributed by atoms with Gasteiger partial charge in [-0.3, -0.25) is 19.3 Å². The molecule has 1 saturated heterocycles. The normalized spacial score (nSPS) is 15.9. The molecule has 0 bridgehead atoms. The molecule has 1 aromatic carbocycles. The van der Waals surface area contributed by atoms with E-state index in [4.69, 9.17) is 4.42 Å². The van der Waals surface area contributed by atoms with E-state index in [0.29, 0.717) is 9.57 Å². The summed E-state index contributed by atoms with van der Waals surface area (Å²) < 4.78 is 5.59. The first-order valence-corrected chi connectivity index (χ1v) is 8.99. The van der Waals surface area contributed by atoms with Gasteiger partial charge >= 0.3 is 0 Å². The van der Waals surface area contributed by atoms with Gasteiger partial charge in [0.1, 0.15) is 0 Å². The largest absolute Gasteiger partial charge is 0.444 e. The van der Waals surface area contributed by atoms with Crippen LogP contribution in [0.2, 0.25) is 0 Å². The number of benzene rings is 1. The fourth-order valence-electron chi connectivity index (χ4n) is 2.20. The Labute approximate surface area is 156 Å². The molecule has 3 rings (SSSR count). The van der Waals surface area contributed by atoms with Gasteiger partial charge in [-0.25, -0.2) is 0 Å². The van der Waals surface area contributed by atoms with E-state index in [1.165, 1.54) is 6.07 Å². The molecule has 128 valence electrons. The zero-order valence-electron chi connectivity index (χ0n) is 12.9. The van der Waals surface area contributed by atoms with Crippen LogP contribution in [0.25, 0.3) is 6.08 Å². The Morgan fingerprint density at radius 1 is 1.20 bits per heavy atom. The van der Waals surface area contributed by atoms with Crippen molar-refractivity contribution in [2.75, 3.05) is 13.1 Å². The maximum Gasteiger partial charge on any atom is 0.293 e. The number of carbonyl (C=O) groups excluding carboxylic acids is 3. The molecule has 0 unspecified atom stereocenters. The molecule has 1 aliphatic rings. The van der Waals surface area contributed by atoms with Crippen molar-refractivity contribution in [3.63, 3.8) is 0 Å². The Hall–Kier alpha value is -2.32. The SMILES string of the molecule is O=C(NCCN1C(=O)S/C(=C/c2ccccc2)C1=O)c1ccc(Br)o1. The molecule has 0 spiro atoms. The van der Waals surface area contributed by atoms with Crippen molar-refractivity contribution in [1.82, 2.24) is 10.2 Å². The van der Waals surface area contributed by atoms with Gasteiger partial charge in [0.25, 0.3) is 17.1 Å². The average molecular weight is 421 g/mol. The number of rotatable bonds is 5. The van der Waals surface area contributed by atoms with Crippen molar-refractivity contribution in [3.8, 4) is 0 Å². The maximum atomic E-state index is 12.3. The van der Waals surface area contributed by atoms with Crippen molar-refractivity contribution in [1.29, 1.82) is 0 Å². The summed E-state index contributed by atoms with van der Waals surface area (Å²) >= 11 is 4.02. The van der Waals surface area contributed by atoms with Crippen molar-refractivity contribution in [2.24, 2.45) is 0 Å². The Bertz CT molecular complexity index is 847. The van der Waals surface area contributed by atoms with Crippen LogP contribution in [-0.4, -0.2) is 35.0 Å². The lowest BCUT2D eigenvalue weighted by atomic mass is 10.2. The number of nitrogens with one attached hydrogen (secondary N) is 1. The lowest BCUT2D eigenvalue weighted by Gasteiger charge is -2.12. The topological polar surface area (TPSA) is 79.6 Å². The van der Waals surface area contributed by atoms with E-state index in [0.717, 1.165) is 22.2 Å². The Kier molecular flexibility index (Phi) is 5.40. The number of hydrogen-bond donors (Lipinski definition) is 1. The molecule has 1 fully saturated rings. The second-order valence-electron chi connectivity index (χ2n) is 5.10. The lowest BCUT2D eigenvalue weighted by molar-refractivity contribution is -0.122. The van der Waals surface area contributed by atoms with E-state index in [-0.39, 0.29) is 30.0 Å². The van der Waals surface area contributed by atoms with E-state index in [1.54, 1.807) is 12.1 Å². The highest BCUT2D eigenvalue weighted by atomic mass is 79.9. The number of thioether (sulfide) groups is 1. The molecule has 2 heterocycles. The zero-order valence-corrected chi connectivity index (χ0v) is 15.3. The minimum absolute atomic E-state index is 0.102. The van der Waals surface area contributed by atoms with Crippen LogP contribution in [0.1, 0.15) is 16.1 Å². The lowest BCUT2D eigenvalue weighted by Crippen LogP contribution is -2.37. The molecule has 3 amide bonds. The summed E-state index contributed by atoms with van der Waals surface area (Å²) in [5.74, 6) is -0.601. The quantitative estimate of drug-likeness (QED) is 0.748. The van der Waals surface area contributed by atoms with E-state index >= 15 is 0 Å². The smallest absolute Gasteiger partial charge is 0.293 e. The molecule has 0 aliphatic carbocycles. The van der Waals surface area contributed by atoms with Crippen molar-refractivity contribution >= 4 is 50.8 Å². The van der Waals surface area contributed by atoms with Gasteiger partial charge in [-0.2, -0.15) is 0 Å². The van der Waals surface area contributed by atoms with E-state index < -0.39 is 5.91 Å². The number of amides is 3. The highest BCUT2D eigenvalue weighted by Gasteiger charge is 2.34. The van der Waals surface area contributed by atoms with E-state index in [9.17, 15) is 14.4 Å². The van der Waals surface area contributed by atoms with Gasteiger partial charge in [-0.15, -0.1) is 0 Å². The molecule has 6 nitrogen and oxygen atoms in total. The molecule has 25 heavy (non-hydrogen) atoms. The standard InChI is InChI=1S/C17H13BrN2O4S/c18-14-7-6-12(24-14)15(21)19-8-9-20-16(22)13(25-17(20)23)10-11-4-2-1-3-5-11/h1-7,10H,8-9H2,(H,19,21)/b13-10+. The van der Waals surface area contributed by atoms with Crippen LogP contribution in [0.5, 0.6) is 0 Å². The van der Waals surface area contributed by atoms with E-state index in [2.05, 4.69) is 21.2 Å². The predicted molar refractivity (Wildman–Crippen MR) is 97.9 cm³/mol. The second-order valence-corrected chi connectivity index (χ2v) is 6.88. The molecule has 1 aromatic heterocycles. The van der Waals surface area contributed by atoms with Gasteiger partial charge in [0.15, 0.2) is 10.4 Å². The minimum Gasteiger partial charge on any atom is -0.444 e. The van der Waals surface area contributed by atoms with Gasteiger partial charge in [0, 0.05) is 13.1 Å². The third kappa shape index (κ3) is 4.21. The third-order valence-corrected chi connectivity index (χ3v) is 4.72. The van der Waals surface area contributed by atoms with Gasteiger partial charge in [0.05, 0.1) is 4.91 Å². The summed E-state index contributed by atoms with van der Waals surface area (Å²) in [6.07, 6.45) is 1.68. The first kappa shape index (κ1) is 17.5. The van der Waals surface area contributed by atoms with Crippen LogP contribution < -0.4 is 5.32 Å². The molecular weight excluding hydrogens is 408 g/mol. The van der Waals surface area contributed by atoms with Crippen molar-refractivity contribution in [2.45, 2.75) is 0 Å².